The highest BCUT2D eigenvalue weighted by atomic mass is 35.5. The van der Waals surface area contributed by atoms with E-state index in [9.17, 15) is 14.7 Å². The Morgan fingerprint density at radius 2 is 2.00 bits per heavy atom. The predicted molar refractivity (Wildman–Crippen MR) is 164 cm³/mol. The minimum absolute atomic E-state index is 0.0572. The van der Waals surface area contributed by atoms with Crippen molar-refractivity contribution in [3.63, 3.8) is 0 Å². The number of anilines is 1. The number of phenolic OH excluding ortho intramolecular Hbond substituents is 1. The third kappa shape index (κ3) is 4.43. The van der Waals surface area contributed by atoms with Gasteiger partial charge in [-0.3, -0.25) is 14.3 Å². The Morgan fingerprint density at radius 3 is 2.70 bits per heavy atom. The van der Waals surface area contributed by atoms with Gasteiger partial charge in [0.1, 0.15) is 23.7 Å². The number of carbonyl (C=O) groups is 1. The number of para-hydroxylation sites is 1. The van der Waals surface area contributed by atoms with Crippen LogP contribution in [0.4, 0.5) is 10.2 Å². The van der Waals surface area contributed by atoms with Crippen molar-refractivity contribution < 1.29 is 19.0 Å². The van der Waals surface area contributed by atoms with Crippen LogP contribution in [0.5, 0.6) is 11.5 Å². The molecule has 2 aromatic carbocycles. The summed E-state index contributed by atoms with van der Waals surface area (Å²) in [5, 5.41) is 10.9. The van der Waals surface area contributed by atoms with Crippen LogP contribution in [0.2, 0.25) is 5.02 Å². The molecule has 2 aliphatic heterocycles. The van der Waals surface area contributed by atoms with Crippen LogP contribution in [0.25, 0.3) is 27.7 Å². The van der Waals surface area contributed by atoms with Gasteiger partial charge in [-0.1, -0.05) is 50.2 Å². The summed E-state index contributed by atoms with van der Waals surface area (Å²) in [6, 6.07) is 7.33. The molecule has 0 spiro atoms. The van der Waals surface area contributed by atoms with Crippen molar-refractivity contribution in [2.45, 2.75) is 45.7 Å². The molecule has 0 bridgehead atoms. The lowest BCUT2D eigenvalue weighted by molar-refractivity contribution is -0.127. The summed E-state index contributed by atoms with van der Waals surface area (Å²) in [6.07, 6.45) is 2.92. The Balaban J connectivity index is 1.76. The average Bonchev–Trinajstić information content (AvgIpc) is 3.13. The third-order valence-corrected chi connectivity index (χ3v) is 8.54. The maximum absolute atomic E-state index is 17.2. The molecule has 2 aromatic heterocycles. The summed E-state index contributed by atoms with van der Waals surface area (Å²) in [5.74, 6) is -0.944. The first-order chi connectivity index (χ1) is 20.5. The first-order valence-corrected chi connectivity index (χ1v) is 14.5. The number of amides is 1. The van der Waals surface area contributed by atoms with E-state index in [1.165, 1.54) is 16.7 Å². The zero-order valence-electron chi connectivity index (χ0n) is 24.3. The monoisotopic (exact) mass is 603 g/mol. The van der Waals surface area contributed by atoms with Crippen LogP contribution in [0.15, 0.2) is 54.0 Å². The van der Waals surface area contributed by atoms with E-state index in [4.69, 9.17) is 16.3 Å². The van der Waals surface area contributed by atoms with E-state index in [0.29, 0.717) is 23.5 Å². The van der Waals surface area contributed by atoms with Crippen molar-refractivity contribution in [1.29, 1.82) is 0 Å². The minimum Gasteiger partial charge on any atom is -0.507 e. The molecule has 9 nitrogen and oxygen atoms in total. The molecule has 2 aliphatic rings. The first kappa shape index (κ1) is 28.7. The average molecular weight is 604 g/mol. The fourth-order valence-electron chi connectivity index (χ4n) is 6.29. The Morgan fingerprint density at radius 1 is 1.26 bits per heavy atom. The lowest BCUT2D eigenvalue weighted by Crippen LogP contribution is -2.61. The Hall–Kier alpha value is -4.44. The number of hydrogen-bond acceptors (Lipinski definition) is 7. The standard InChI is InChI=1S/C32H31ClFN5O4/c1-6-22(41)37-13-18(5)38-19(14-37)15-43-30-24-29(26(34)23(25(30)33)20-9-7-8-10-21(20)40)39(32(42)36-31(24)38)28-17(4)11-12-35-27(28)16(2)3/h6-12,16,18-19,40H,1,13-15H2,2-5H3. The zero-order chi connectivity index (χ0) is 30.7. The number of piperazine rings is 1. The number of rotatable bonds is 4. The second-order valence-corrected chi connectivity index (χ2v) is 11.7. The molecule has 0 saturated carbocycles. The quantitative estimate of drug-likeness (QED) is 0.313. The van der Waals surface area contributed by atoms with Crippen LogP contribution in [0, 0.1) is 12.7 Å². The number of ether oxygens (including phenoxy) is 1. The van der Waals surface area contributed by atoms with Gasteiger partial charge in [0.15, 0.2) is 11.6 Å². The van der Waals surface area contributed by atoms with Crippen LogP contribution < -0.4 is 15.3 Å². The Labute approximate surface area is 252 Å². The highest BCUT2D eigenvalue weighted by molar-refractivity contribution is 6.36. The Bertz CT molecular complexity index is 1870. The summed E-state index contributed by atoms with van der Waals surface area (Å²) in [4.78, 5) is 39.4. The van der Waals surface area contributed by atoms with E-state index in [0.717, 1.165) is 0 Å². The van der Waals surface area contributed by atoms with E-state index in [-0.39, 0.29) is 75.4 Å². The van der Waals surface area contributed by atoms with Gasteiger partial charge in [0, 0.05) is 36.5 Å². The van der Waals surface area contributed by atoms with Crippen molar-refractivity contribution in [1.82, 2.24) is 19.4 Å². The summed E-state index contributed by atoms with van der Waals surface area (Å²) >= 11 is 6.96. The first-order valence-electron chi connectivity index (χ1n) is 14.1. The number of aromatic hydroxyl groups is 1. The van der Waals surface area contributed by atoms with E-state index in [1.54, 1.807) is 35.4 Å². The van der Waals surface area contributed by atoms with E-state index in [2.05, 4.69) is 16.5 Å². The number of pyridine rings is 1. The van der Waals surface area contributed by atoms with Gasteiger partial charge >= 0.3 is 5.69 Å². The number of benzene rings is 2. The molecule has 222 valence electrons. The third-order valence-electron chi connectivity index (χ3n) is 8.18. The molecule has 1 N–H and O–H groups in total. The summed E-state index contributed by atoms with van der Waals surface area (Å²) < 4.78 is 24.9. The number of carbonyl (C=O) groups excluding carboxylic acids is 1. The molecule has 0 aliphatic carbocycles. The largest absolute Gasteiger partial charge is 0.507 e. The molecule has 0 radical (unpaired) electrons. The molecule has 1 amide bonds. The molecule has 11 heteroatoms. The molecular formula is C32H31ClFN5O4. The summed E-state index contributed by atoms with van der Waals surface area (Å²) in [7, 11) is 0. The number of aromatic nitrogens is 3. The maximum atomic E-state index is 17.2. The van der Waals surface area contributed by atoms with Crippen LogP contribution in [0.1, 0.15) is 37.9 Å². The van der Waals surface area contributed by atoms with E-state index in [1.807, 2.05) is 32.6 Å². The molecule has 43 heavy (non-hydrogen) atoms. The molecule has 4 aromatic rings. The normalized spacial score (nSPS) is 17.9. The molecule has 2 atom stereocenters. The second-order valence-electron chi connectivity index (χ2n) is 11.3. The second kappa shape index (κ2) is 10.7. The van der Waals surface area contributed by atoms with Gasteiger partial charge in [0.2, 0.25) is 5.91 Å². The van der Waals surface area contributed by atoms with Crippen molar-refractivity contribution in [3.05, 3.63) is 81.8 Å². The molecule has 4 heterocycles. The van der Waals surface area contributed by atoms with Crippen molar-refractivity contribution in [2.24, 2.45) is 0 Å². The van der Waals surface area contributed by atoms with Gasteiger partial charge in [-0.25, -0.2) is 9.18 Å². The van der Waals surface area contributed by atoms with E-state index < -0.39 is 17.5 Å². The van der Waals surface area contributed by atoms with Crippen LogP contribution in [0.3, 0.4) is 0 Å². The SMILES string of the molecule is C=CC(=O)N1CC(C)N2c3nc(=O)n(-c4c(C)ccnc4C(C)C)c4c(F)c(-c5ccccc5O)c(Cl)c(c34)OCC2C1. The van der Waals surface area contributed by atoms with Gasteiger partial charge in [0.05, 0.1) is 27.8 Å². The molecular weight excluding hydrogens is 573 g/mol. The number of fused-ring (bicyclic) bond motifs is 2. The molecule has 6 rings (SSSR count). The van der Waals surface area contributed by atoms with Gasteiger partial charge in [-0.05, 0) is 43.5 Å². The zero-order valence-corrected chi connectivity index (χ0v) is 25.0. The molecule has 1 fully saturated rings. The lowest BCUT2D eigenvalue weighted by atomic mass is 9.99. The van der Waals surface area contributed by atoms with Crippen LogP contribution in [-0.4, -0.2) is 62.2 Å². The van der Waals surface area contributed by atoms with Crippen LogP contribution >= 0.6 is 11.6 Å². The number of halogens is 2. The number of nitrogens with zero attached hydrogens (tertiary/aromatic N) is 5. The fourth-order valence-corrected chi connectivity index (χ4v) is 6.62. The number of hydrogen-bond donors (Lipinski definition) is 1. The molecule has 2 unspecified atom stereocenters. The van der Waals surface area contributed by atoms with Crippen molar-refractivity contribution >= 4 is 34.2 Å². The van der Waals surface area contributed by atoms with Gasteiger partial charge in [-0.15, -0.1) is 0 Å². The topological polar surface area (TPSA) is 101 Å². The highest BCUT2D eigenvalue weighted by Gasteiger charge is 2.41. The van der Waals surface area contributed by atoms with Gasteiger partial charge < -0.3 is 19.6 Å². The smallest absolute Gasteiger partial charge is 0.354 e. The van der Waals surface area contributed by atoms with Crippen molar-refractivity contribution in [3.8, 4) is 28.3 Å². The number of aryl methyl sites for hydroxylation is 1. The summed E-state index contributed by atoms with van der Waals surface area (Å²) in [6.45, 7) is 11.9. The number of phenols is 1. The van der Waals surface area contributed by atoms with E-state index >= 15 is 4.39 Å². The van der Waals surface area contributed by atoms with Gasteiger partial charge in [0.25, 0.3) is 0 Å². The lowest BCUT2D eigenvalue weighted by Gasteiger charge is -2.45. The van der Waals surface area contributed by atoms with Crippen molar-refractivity contribution in [2.75, 3.05) is 24.6 Å². The maximum Gasteiger partial charge on any atom is 0.354 e. The summed E-state index contributed by atoms with van der Waals surface area (Å²) in [5.41, 5.74) is 0.987. The molecule has 1 saturated heterocycles. The minimum atomic E-state index is -0.806. The predicted octanol–water partition coefficient (Wildman–Crippen LogP) is 5.36. The van der Waals surface area contributed by atoms with Crippen LogP contribution in [-0.2, 0) is 4.79 Å². The van der Waals surface area contributed by atoms with Gasteiger partial charge in [-0.2, -0.15) is 4.98 Å². The highest BCUT2D eigenvalue weighted by Crippen LogP contribution is 2.50. The fraction of sp³-hybridized carbons (Fsp3) is 0.312. The Kier molecular flexibility index (Phi) is 7.12.